The van der Waals surface area contributed by atoms with Gasteiger partial charge in [-0.25, -0.2) is 10.2 Å². The van der Waals surface area contributed by atoms with Gasteiger partial charge in [0, 0.05) is 10.6 Å². The van der Waals surface area contributed by atoms with Gasteiger partial charge in [0.15, 0.2) is 11.5 Å². The molecule has 9 heteroatoms. The van der Waals surface area contributed by atoms with Crippen molar-refractivity contribution >= 4 is 41.3 Å². The SMILES string of the molecule is CCCOc1ccc(C(=O)N/N=C\c2ccc(OC(=O)c3ccc(Cl)cc3Cl)c(OCC)c2)cc1. The second-order valence-corrected chi connectivity index (χ2v) is 8.07. The first kappa shape index (κ1) is 26.1. The van der Waals surface area contributed by atoms with Crippen molar-refractivity contribution < 1.29 is 23.8 Å². The zero-order chi connectivity index (χ0) is 25.2. The van der Waals surface area contributed by atoms with Crippen LogP contribution in [0.4, 0.5) is 0 Å². The summed E-state index contributed by atoms with van der Waals surface area (Å²) in [5.41, 5.74) is 3.73. The highest BCUT2D eigenvalue weighted by Gasteiger charge is 2.16. The van der Waals surface area contributed by atoms with Crippen LogP contribution < -0.4 is 19.6 Å². The van der Waals surface area contributed by atoms with E-state index in [0.29, 0.717) is 40.9 Å². The summed E-state index contributed by atoms with van der Waals surface area (Å²) >= 11 is 12.0. The van der Waals surface area contributed by atoms with Crippen LogP contribution in [0.1, 0.15) is 46.5 Å². The Morgan fingerprint density at radius 1 is 0.943 bits per heavy atom. The topological polar surface area (TPSA) is 86.2 Å². The molecule has 0 atom stereocenters. The second kappa shape index (κ2) is 12.8. The molecule has 0 bridgehead atoms. The molecule has 182 valence electrons. The number of nitrogens with one attached hydrogen (secondary N) is 1. The number of rotatable bonds is 10. The van der Waals surface area contributed by atoms with Crippen LogP contribution in [0.15, 0.2) is 65.8 Å². The van der Waals surface area contributed by atoms with Crippen molar-refractivity contribution in [2.45, 2.75) is 20.3 Å². The number of amides is 1. The van der Waals surface area contributed by atoms with Crippen LogP contribution in [0.2, 0.25) is 10.0 Å². The molecule has 0 saturated heterocycles. The Bertz CT molecular complexity index is 1210. The molecule has 0 aliphatic carbocycles. The van der Waals surface area contributed by atoms with Crippen molar-refractivity contribution in [2.24, 2.45) is 5.10 Å². The Balaban J connectivity index is 1.66. The van der Waals surface area contributed by atoms with E-state index in [-0.39, 0.29) is 22.2 Å². The van der Waals surface area contributed by atoms with Crippen molar-refractivity contribution in [1.82, 2.24) is 5.43 Å². The minimum Gasteiger partial charge on any atom is -0.494 e. The number of halogens is 2. The maximum atomic E-state index is 12.6. The van der Waals surface area contributed by atoms with E-state index in [1.165, 1.54) is 18.3 Å². The smallest absolute Gasteiger partial charge is 0.345 e. The molecule has 0 aliphatic heterocycles. The van der Waals surface area contributed by atoms with E-state index in [1.807, 2.05) is 6.92 Å². The molecule has 0 spiro atoms. The van der Waals surface area contributed by atoms with Crippen LogP contribution >= 0.6 is 23.2 Å². The van der Waals surface area contributed by atoms with Crippen molar-refractivity contribution in [3.63, 3.8) is 0 Å². The standard InChI is InChI=1S/C26H24Cl2N2O5/c1-3-13-34-20-9-6-18(7-10-20)25(31)30-29-16-17-5-12-23(24(14-17)33-4-2)35-26(32)21-11-8-19(27)15-22(21)28/h5-12,14-16H,3-4,13H2,1-2H3,(H,30,31)/b29-16-. The molecule has 0 radical (unpaired) electrons. The van der Waals surface area contributed by atoms with E-state index < -0.39 is 5.97 Å². The van der Waals surface area contributed by atoms with Crippen molar-refractivity contribution in [3.8, 4) is 17.2 Å². The predicted molar refractivity (Wildman–Crippen MR) is 136 cm³/mol. The fourth-order valence-corrected chi connectivity index (χ4v) is 3.41. The van der Waals surface area contributed by atoms with E-state index in [9.17, 15) is 9.59 Å². The average molecular weight is 515 g/mol. The van der Waals surface area contributed by atoms with Gasteiger partial charge in [-0.05, 0) is 79.6 Å². The van der Waals surface area contributed by atoms with Gasteiger partial charge in [0.2, 0.25) is 0 Å². The zero-order valence-electron chi connectivity index (χ0n) is 19.2. The highest BCUT2D eigenvalue weighted by Crippen LogP contribution is 2.30. The molecule has 3 rings (SSSR count). The summed E-state index contributed by atoms with van der Waals surface area (Å²) in [5.74, 6) is 0.249. The molecule has 1 amide bonds. The monoisotopic (exact) mass is 514 g/mol. The first-order valence-electron chi connectivity index (χ1n) is 10.9. The summed E-state index contributed by atoms with van der Waals surface area (Å²) in [6.07, 6.45) is 2.36. The summed E-state index contributed by atoms with van der Waals surface area (Å²) in [7, 11) is 0. The summed E-state index contributed by atoms with van der Waals surface area (Å²) in [4.78, 5) is 24.9. The number of hydrogen-bond acceptors (Lipinski definition) is 6. The van der Waals surface area contributed by atoms with E-state index in [4.69, 9.17) is 37.4 Å². The highest BCUT2D eigenvalue weighted by atomic mass is 35.5. The van der Waals surface area contributed by atoms with Crippen molar-refractivity contribution in [3.05, 3.63) is 87.4 Å². The summed E-state index contributed by atoms with van der Waals surface area (Å²) in [5, 5.41) is 4.60. The first-order chi connectivity index (χ1) is 16.9. The lowest BCUT2D eigenvalue weighted by Crippen LogP contribution is -2.17. The molecule has 35 heavy (non-hydrogen) atoms. The Morgan fingerprint density at radius 3 is 2.40 bits per heavy atom. The van der Waals surface area contributed by atoms with Gasteiger partial charge < -0.3 is 14.2 Å². The molecule has 0 saturated carbocycles. The lowest BCUT2D eigenvalue weighted by molar-refractivity contribution is 0.0728. The Hall–Kier alpha value is -3.55. The van der Waals surface area contributed by atoms with E-state index in [0.717, 1.165) is 6.42 Å². The molecule has 3 aromatic carbocycles. The molecule has 0 aromatic heterocycles. The van der Waals surface area contributed by atoms with E-state index >= 15 is 0 Å². The predicted octanol–water partition coefficient (Wildman–Crippen LogP) is 6.16. The Labute approximate surface area is 213 Å². The molecule has 7 nitrogen and oxygen atoms in total. The fraction of sp³-hybridized carbons (Fsp3) is 0.192. The fourth-order valence-electron chi connectivity index (χ4n) is 2.92. The van der Waals surface area contributed by atoms with Crippen LogP contribution in [-0.4, -0.2) is 31.3 Å². The van der Waals surface area contributed by atoms with Gasteiger partial charge in [0.1, 0.15) is 5.75 Å². The van der Waals surface area contributed by atoms with Gasteiger partial charge in [-0.15, -0.1) is 0 Å². The van der Waals surface area contributed by atoms with Crippen LogP contribution in [0.5, 0.6) is 17.2 Å². The second-order valence-electron chi connectivity index (χ2n) is 7.22. The number of hydrogen-bond donors (Lipinski definition) is 1. The molecule has 0 fully saturated rings. The van der Waals surface area contributed by atoms with Crippen LogP contribution in [-0.2, 0) is 0 Å². The van der Waals surface area contributed by atoms with Gasteiger partial charge in [-0.2, -0.15) is 5.10 Å². The number of hydrazone groups is 1. The van der Waals surface area contributed by atoms with Gasteiger partial charge >= 0.3 is 5.97 Å². The van der Waals surface area contributed by atoms with Gasteiger partial charge in [0.25, 0.3) is 5.91 Å². The number of esters is 1. The number of carbonyl (C=O) groups is 2. The van der Waals surface area contributed by atoms with Crippen molar-refractivity contribution in [1.29, 1.82) is 0 Å². The summed E-state index contributed by atoms with van der Waals surface area (Å²) in [6.45, 7) is 4.80. The van der Waals surface area contributed by atoms with Crippen LogP contribution in [0.3, 0.4) is 0 Å². The lowest BCUT2D eigenvalue weighted by Gasteiger charge is -2.12. The summed E-state index contributed by atoms with van der Waals surface area (Å²) < 4.78 is 16.6. The minimum atomic E-state index is -0.646. The van der Waals surface area contributed by atoms with Crippen LogP contribution in [0, 0.1) is 0 Å². The number of benzene rings is 3. The molecular formula is C26H24Cl2N2O5. The molecule has 1 N–H and O–H groups in total. The molecule has 0 aliphatic rings. The van der Waals surface area contributed by atoms with E-state index in [1.54, 1.807) is 55.5 Å². The summed E-state index contributed by atoms with van der Waals surface area (Å²) in [6, 6.07) is 16.2. The molecule has 0 heterocycles. The first-order valence-corrected chi connectivity index (χ1v) is 11.7. The maximum absolute atomic E-state index is 12.6. The van der Waals surface area contributed by atoms with Crippen molar-refractivity contribution in [2.75, 3.05) is 13.2 Å². The largest absolute Gasteiger partial charge is 0.494 e. The Morgan fingerprint density at radius 2 is 1.71 bits per heavy atom. The third kappa shape index (κ3) is 7.47. The molecule has 0 unspecified atom stereocenters. The number of carbonyl (C=O) groups excluding carboxylic acids is 2. The average Bonchev–Trinajstić information content (AvgIpc) is 2.84. The number of nitrogens with zero attached hydrogens (tertiary/aromatic N) is 1. The quantitative estimate of drug-likeness (QED) is 0.151. The van der Waals surface area contributed by atoms with Gasteiger partial charge in [-0.3, -0.25) is 4.79 Å². The number of ether oxygens (including phenoxy) is 3. The minimum absolute atomic E-state index is 0.178. The zero-order valence-corrected chi connectivity index (χ0v) is 20.7. The van der Waals surface area contributed by atoms with Gasteiger partial charge in [-0.1, -0.05) is 30.1 Å². The third-order valence-corrected chi connectivity index (χ3v) is 5.14. The van der Waals surface area contributed by atoms with E-state index in [2.05, 4.69) is 10.5 Å². The molecule has 3 aromatic rings. The normalized spacial score (nSPS) is 10.7. The highest BCUT2D eigenvalue weighted by molar-refractivity contribution is 6.36. The third-order valence-electron chi connectivity index (χ3n) is 4.59. The lowest BCUT2D eigenvalue weighted by atomic mass is 10.2. The van der Waals surface area contributed by atoms with Crippen LogP contribution in [0.25, 0.3) is 0 Å². The Kier molecular flexibility index (Phi) is 9.52. The maximum Gasteiger partial charge on any atom is 0.345 e. The van der Waals surface area contributed by atoms with Gasteiger partial charge in [0.05, 0.1) is 30.0 Å². The molecular weight excluding hydrogens is 491 g/mol.